The number of imidazole rings is 1. The first kappa shape index (κ1) is 20.3. The number of fused-ring (bicyclic) bond motifs is 2. The Kier molecular flexibility index (Phi) is 4.47. The third-order valence-corrected chi connectivity index (χ3v) is 7.02. The molecule has 3 unspecified atom stereocenters. The number of rotatable bonds is 3. The number of anilines is 1. The van der Waals surface area contributed by atoms with Crippen molar-refractivity contribution in [3.8, 4) is 0 Å². The van der Waals surface area contributed by atoms with Crippen molar-refractivity contribution in [2.24, 2.45) is 5.41 Å². The Morgan fingerprint density at radius 2 is 2.00 bits per heavy atom. The molecule has 3 N–H and O–H groups in total. The highest BCUT2D eigenvalue weighted by Gasteiger charge is 2.49. The summed E-state index contributed by atoms with van der Waals surface area (Å²) in [5, 5.41) is 29.9. The summed E-state index contributed by atoms with van der Waals surface area (Å²) < 4.78 is 21.3. The molecule has 0 radical (unpaired) electrons. The molecule has 32 heavy (non-hydrogen) atoms. The summed E-state index contributed by atoms with van der Waals surface area (Å²) in [7, 11) is 0. The van der Waals surface area contributed by atoms with Crippen molar-refractivity contribution in [2.45, 2.75) is 37.4 Å². The second kappa shape index (κ2) is 7.06. The van der Waals surface area contributed by atoms with E-state index in [0.29, 0.717) is 36.5 Å². The molecular weight excluding hydrogens is 441 g/mol. The summed E-state index contributed by atoms with van der Waals surface area (Å²) >= 11 is 6.22. The molecule has 4 heterocycles. The summed E-state index contributed by atoms with van der Waals surface area (Å²) in [5.74, 6) is 0.412. The zero-order chi connectivity index (χ0) is 22.2. The van der Waals surface area contributed by atoms with E-state index < -0.39 is 31.1 Å². The summed E-state index contributed by atoms with van der Waals surface area (Å²) in [6.07, 6.45) is -1.43. The van der Waals surface area contributed by atoms with Gasteiger partial charge in [-0.2, -0.15) is 9.97 Å². The molecule has 2 fully saturated rings. The van der Waals surface area contributed by atoms with Crippen LogP contribution < -0.4 is 4.90 Å². The zero-order valence-electron chi connectivity index (χ0n) is 16.9. The van der Waals surface area contributed by atoms with Crippen LogP contribution in [-0.4, -0.2) is 72.8 Å². The minimum atomic E-state index is -1.26. The Morgan fingerprint density at radius 1 is 1.19 bits per heavy atom. The highest BCUT2D eigenvalue weighted by atomic mass is 35.5. The first-order chi connectivity index (χ1) is 15.4. The van der Waals surface area contributed by atoms with Gasteiger partial charge in [0.25, 0.3) is 0 Å². The van der Waals surface area contributed by atoms with E-state index in [0.717, 1.165) is 17.5 Å². The molecule has 2 saturated heterocycles. The second-order valence-electron chi connectivity index (χ2n) is 8.96. The molecule has 1 aromatic carbocycles. The van der Waals surface area contributed by atoms with Gasteiger partial charge in [-0.3, -0.25) is 4.57 Å². The van der Waals surface area contributed by atoms with Crippen molar-refractivity contribution in [2.75, 3.05) is 24.6 Å². The Labute approximate surface area is 187 Å². The standard InChI is InChI=1S/C21H21ClFN5O4/c22-20-25-17(27-7-21(8-27)4-10-2-1-3-12(23)11(10)5-21)14-18(26-20)28(9-24-14)19-16(31)15(30)13(6-29)32-19/h1-3,9,13,15-16,19,29-31H,4-8H2/t13?,15?,16?,19-/m1/s1. The molecule has 1 spiro atoms. The summed E-state index contributed by atoms with van der Waals surface area (Å²) in [5.41, 5.74) is 2.66. The Hall–Kier alpha value is -2.37. The van der Waals surface area contributed by atoms with E-state index in [1.165, 1.54) is 17.0 Å². The van der Waals surface area contributed by atoms with Gasteiger partial charge in [0.15, 0.2) is 23.2 Å². The van der Waals surface area contributed by atoms with Crippen molar-refractivity contribution in [3.63, 3.8) is 0 Å². The Balaban J connectivity index is 1.30. The van der Waals surface area contributed by atoms with Gasteiger partial charge in [-0.15, -0.1) is 0 Å². The number of aromatic nitrogens is 4. The fraction of sp³-hybridized carbons (Fsp3) is 0.476. The average molecular weight is 462 g/mol. The van der Waals surface area contributed by atoms with Gasteiger partial charge in [-0.1, -0.05) is 12.1 Å². The number of hydrogen-bond donors (Lipinski definition) is 3. The smallest absolute Gasteiger partial charge is 0.226 e. The Morgan fingerprint density at radius 3 is 2.72 bits per heavy atom. The Bertz CT molecular complexity index is 1220. The minimum Gasteiger partial charge on any atom is -0.394 e. The van der Waals surface area contributed by atoms with Crippen LogP contribution >= 0.6 is 11.6 Å². The summed E-state index contributed by atoms with van der Waals surface area (Å²) in [6.45, 7) is 0.940. The third kappa shape index (κ3) is 2.87. The maximum absolute atomic E-state index is 14.2. The molecule has 3 aromatic rings. The zero-order valence-corrected chi connectivity index (χ0v) is 17.7. The molecule has 4 atom stereocenters. The van der Waals surface area contributed by atoms with Crippen LogP contribution in [0.1, 0.15) is 17.4 Å². The van der Waals surface area contributed by atoms with E-state index in [1.54, 1.807) is 6.07 Å². The number of benzene rings is 1. The van der Waals surface area contributed by atoms with E-state index in [9.17, 15) is 19.7 Å². The van der Waals surface area contributed by atoms with E-state index in [-0.39, 0.29) is 16.5 Å². The topological polar surface area (TPSA) is 117 Å². The van der Waals surface area contributed by atoms with Gasteiger partial charge in [0.05, 0.1) is 12.9 Å². The van der Waals surface area contributed by atoms with E-state index >= 15 is 0 Å². The highest BCUT2D eigenvalue weighted by Crippen LogP contribution is 2.47. The van der Waals surface area contributed by atoms with Crippen LogP contribution in [0.4, 0.5) is 10.2 Å². The van der Waals surface area contributed by atoms with Crippen molar-refractivity contribution in [1.29, 1.82) is 0 Å². The number of nitrogens with zero attached hydrogens (tertiary/aromatic N) is 5. The molecule has 3 aliphatic rings. The number of ether oxygens (including phenoxy) is 1. The van der Waals surface area contributed by atoms with Crippen LogP contribution in [-0.2, 0) is 17.6 Å². The summed E-state index contributed by atoms with van der Waals surface area (Å²) in [4.78, 5) is 15.1. The molecule has 6 rings (SSSR count). The van der Waals surface area contributed by atoms with E-state index in [2.05, 4.69) is 15.0 Å². The van der Waals surface area contributed by atoms with Crippen LogP contribution in [0, 0.1) is 11.2 Å². The maximum Gasteiger partial charge on any atom is 0.226 e. The number of aliphatic hydroxyl groups excluding tert-OH is 3. The van der Waals surface area contributed by atoms with Crippen molar-refractivity contribution >= 4 is 28.6 Å². The van der Waals surface area contributed by atoms with Gasteiger partial charge < -0.3 is 25.0 Å². The third-order valence-electron chi connectivity index (χ3n) is 6.85. The van der Waals surface area contributed by atoms with Gasteiger partial charge >= 0.3 is 0 Å². The molecule has 0 bridgehead atoms. The molecule has 2 aromatic heterocycles. The SMILES string of the molecule is OCC1O[C@@H](n2cnc3c(N4CC5(Cc6cccc(F)c6C5)C4)nc(Cl)nc32)C(O)C1O. The lowest BCUT2D eigenvalue weighted by molar-refractivity contribution is -0.0511. The van der Waals surface area contributed by atoms with Gasteiger partial charge in [0.1, 0.15) is 24.1 Å². The van der Waals surface area contributed by atoms with Crippen LogP contribution in [0.3, 0.4) is 0 Å². The minimum absolute atomic E-state index is 0.0164. The van der Waals surface area contributed by atoms with Crippen molar-refractivity contribution in [3.05, 3.63) is 46.8 Å². The molecule has 168 valence electrons. The maximum atomic E-state index is 14.2. The van der Waals surface area contributed by atoms with Gasteiger partial charge in [0.2, 0.25) is 5.28 Å². The number of halogens is 2. The lowest BCUT2D eigenvalue weighted by Gasteiger charge is -2.49. The summed E-state index contributed by atoms with van der Waals surface area (Å²) in [6, 6.07) is 5.24. The van der Waals surface area contributed by atoms with Gasteiger partial charge in [0, 0.05) is 18.5 Å². The fourth-order valence-electron chi connectivity index (χ4n) is 5.34. The average Bonchev–Trinajstić information content (AvgIpc) is 3.42. The lowest BCUT2D eigenvalue weighted by atomic mass is 9.77. The predicted molar refractivity (Wildman–Crippen MR) is 112 cm³/mol. The van der Waals surface area contributed by atoms with E-state index in [4.69, 9.17) is 16.3 Å². The van der Waals surface area contributed by atoms with Gasteiger partial charge in [-0.25, -0.2) is 9.37 Å². The molecular formula is C21H21ClFN5O4. The molecule has 0 saturated carbocycles. The second-order valence-corrected chi connectivity index (χ2v) is 9.29. The predicted octanol–water partition coefficient (Wildman–Crippen LogP) is 0.835. The normalized spacial score (nSPS) is 28.5. The monoisotopic (exact) mass is 461 g/mol. The van der Waals surface area contributed by atoms with Crippen LogP contribution in [0.25, 0.3) is 11.2 Å². The van der Waals surface area contributed by atoms with Crippen molar-refractivity contribution in [1.82, 2.24) is 19.5 Å². The first-order valence-electron chi connectivity index (χ1n) is 10.4. The highest BCUT2D eigenvalue weighted by molar-refractivity contribution is 6.28. The van der Waals surface area contributed by atoms with Crippen LogP contribution in [0.2, 0.25) is 5.28 Å². The molecule has 2 aliphatic heterocycles. The fourth-order valence-corrected chi connectivity index (χ4v) is 5.50. The molecule has 0 amide bonds. The molecule has 9 nitrogen and oxygen atoms in total. The first-order valence-corrected chi connectivity index (χ1v) is 10.8. The molecule has 1 aliphatic carbocycles. The van der Waals surface area contributed by atoms with E-state index in [1.807, 2.05) is 11.0 Å². The molecule has 11 heteroatoms. The van der Waals surface area contributed by atoms with Crippen LogP contribution in [0.5, 0.6) is 0 Å². The van der Waals surface area contributed by atoms with Crippen LogP contribution in [0.15, 0.2) is 24.5 Å². The number of hydrogen-bond acceptors (Lipinski definition) is 8. The number of aliphatic hydroxyl groups is 3. The van der Waals surface area contributed by atoms with Gasteiger partial charge in [-0.05, 0) is 41.6 Å². The lowest BCUT2D eigenvalue weighted by Crippen LogP contribution is -2.57. The largest absolute Gasteiger partial charge is 0.394 e. The van der Waals surface area contributed by atoms with Crippen molar-refractivity contribution < 1.29 is 24.4 Å². The quantitative estimate of drug-likeness (QED) is 0.491.